The van der Waals surface area contributed by atoms with Crippen molar-refractivity contribution in [3.8, 4) is 6.07 Å². The van der Waals surface area contributed by atoms with Gasteiger partial charge in [-0.3, -0.25) is 0 Å². The lowest BCUT2D eigenvalue weighted by molar-refractivity contribution is 0.818. The van der Waals surface area contributed by atoms with Crippen molar-refractivity contribution in [2.75, 3.05) is 18.0 Å². The number of fused-ring (bicyclic) bond motifs is 1. The largest absolute Gasteiger partial charge is 0.344 e. The molecule has 0 atom stereocenters. The Kier molecular flexibility index (Phi) is 2.54. The fourth-order valence-electron chi connectivity index (χ4n) is 1.94. The van der Waals surface area contributed by atoms with E-state index in [-0.39, 0.29) is 0 Å². The van der Waals surface area contributed by atoms with Crippen LogP contribution < -0.4 is 4.90 Å². The Hall–Kier alpha value is -1.86. The molecule has 0 N–H and O–H groups in total. The van der Waals surface area contributed by atoms with E-state index < -0.39 is 0 Å². The second-order valence-electron chi connectivity index (χ2n) is 4.00. The quantitative estimate of drug-likeness (QED) is 0.721. The zero-order valence-electron chi connectivity index (χ0n) is 9.26. The minimum absolute atomic E-state index is 0.674. The third-order valence-electron chi connectivity index (χ3n) is 2.83. The minimum atomic E-state index is 0.674. The second-order valence-corrected chi connectivity index (χ2v) is 5.01. The predicted molar refractivity (Wildman–Crippen MR) is 70.3 cm³/mol. The molecule has 0 spiro atoms. The number of rotatable bonds is 1. The van der Waals surface area contributed by atoms with Crippen LogP contribution >= 0.6 is 11.3 Å². The molecule has 1 aromatic carbocycles. The summed E-state index contributed by atoms with van der Waals surface area (Å²) in [7, 11) is 0. The number of nitriles is 1. The van der Waals surface area contributed by atoms with Gasteiger partial charge in [0.15, 0.2) is 5.13 Å². The maximum Gasteiger partial charge on any atom is 0.186 e. The first-order chi connectivity index (χ1) is 8.36. The van der Waals surface area contributed by atoms with Gasteiger partial charge in [0, 0.05) is 13.1 Å². The van der Waals surface area contributed by atoms with E-state index in [2.05, 4.69) is 28.1 Å². The summed E-state index contributed by atoms with van der Waals surface area (Å²) in [6, 6.07) is 7.83. The molecule has 0 radical (unpaired) electrons. The third-order valence-corrected chi connectivity index (χ3v) is 3.93. The standard InChI is InChI=1S/C13H11N3S/c14-9-10-4-5-12-11(8-10)15-13(17-12)16-6-2-1-3-7-16/h1-2,4-5,8H,3,6-7H2. The smallest absolute Gasteiger partial charge is 0.186 e. The summed E-state index contributed by atoms with van der Waals surface area (Å²) in [6.45, 7) is 1.96. The summed E-state index contributed by atoms with van der Waals surface area (Å²) < 4.78 is 1.15. The zero-order chi connectivity index (χ0) is 11.7. The summed E-state index contributed by atoms with van der Waals surface area (Å²) in [6.07, 6.45) is 5.47. The van der Waals surface area contributed by atoms with Gasteiger partial charge in [0.2, 0.25) is 0 Å². The molecule has 0 bridgehead atoms. The Morgan fingerprint density at radius 1 is 1.35 bits per heavy atom. The molecule has 4 heteroatoms. The van der Waals surface area contributed by atoms with Gasteiger partial charge in [-0.1, -0.05) is 23.5 Å². The average molecular weight is 241 g/mol. The highest BCUT2D eigenvalue weighted by atomic mass is 32.1. The summed E-state index contributed by atoms with van der Waals surface area (Å²) in [5, 5.41) is 9.91. The minimum Gasteiger partial charge on any atom is -0.344 e. The molecule has 1 aliphatic rings. The van der Waals surface area contributed by atoms with Crippen LogP contribution in [0.3, 0.4) is 0 Å². The van der Waals surface area contributed by atoms with Gasteiger partial charge in [0.05, 0.1) is 21.8 Å². The molecule has 84 valence electrons. The maximum atomic E-state index is 8.86. The van der Waals surface area contributed by atoms with Crippen molar-refractivity contribution in [3.05, 3.63) is 35.9 Å². The highest BCUT2D eigenvalue weighted by Gasteiger charge is 2.12. The van der Waals surface area contributed by atoms with Crippen molar-refractivity contribution in [2.45, 2.75) is 6.42 Å². The average Bonchev–Trinajstić information content (AvgIpc) is 2.82. The van der Waals surface area contributed by atoms with Crippen LogP contribution in [0, 0.1) is 11.3 Å². The highest BCUT2D eigenvalue weighted by molar-refractivity contribution is 7.22. The molecule has 1 aliphatic heterocycles. The first kappa shape index (κ1) is 10.3. The number of hydrogen-bond acceptors (Lipinski definition) is 4. The highest BCUT2D eigenvalue weighted by Crippen LogP contribution is 2.30. The van der Waals surface area contributed by atoms with E-state index in [4.69, 9.17) is 5.26 Å². The number of hydrogen-bond donors (Lipinski definition) is 0. The normalized spacial score (nSPS) is 15.1. The van der Waals surface area contributed by atoms with E-state index in [9.17, 15) is 0 Å². The molecule has 3 rings (SSSR count). The topological polar surface area (TPSA) is 39.9 Å². The van der Waals surface area contributed by atoms with Gasteiger partial charge in [-0.25, -0.2) is 4.98 Å². The number of anilines is 1. The van der Waals surface area contributed by atoms with Crippen LogP contribution in [0.15, 0.2) is 30.4 Å². The van der Waals surface area contributed by atoms with Crippen LogP contribution in [0.4, 0.5) is 5.13 Å². The summed E-state index contributed by atoms with van der Waals surface area (Å²) in [5.41, 5.74) is 1.60. The van der Waals surface area contributed by atoms with Gasteiger partial charge in [-0.2, -0.15) is 5.26 Å². The molecule has 2 aromatic rings. The van der Waals surface area contributed by atoms with Crippen LogP contribution in [0.25, 0.3) is 10.2 Å². The van der Waals surface area contributed by atoms with E-state index in [1.54, 1.807) is 11.3 Å². The fraction of sp³-hybridized carbons (Fsp3) is 0.231. The molecular formula is C13H11N3S. The zero-order valence-corrected chi connectivity index (χ0v) is 10.1. The number of thiazole rings is 1. The van der Waals surface area contributed by atoms with Crippen molar-refractivity contribution in [1.29, 1.82) is 5.26 Å². The van der Waals surface area contributed by atoms with Crippen LogP contribution in [-0.4, -0.2) is 18.1 Å². The Morgan fingerprint density at radius 2 is 2.29 bits per heavy atom. The van der Waals surface area contributed by atoms with Gasteiger partial charge in [-0.05, 0) is 24.6 Å². The molecule has 0 saturated carbocycles. The van der Waals surface area contributed by atoms with Crippen molar-refractivity contribution in [3.63, 3.8) is 0 Å². The predicted octanol–water partition coefficient (Wildman–Crippen LogP) is 2.93. The van der Waals surface area contributed by atoms with Crippen LogP contribution in [0.1, 0.15) is 12.0 Å². The van der Waals surface area contributed by atoms with Gasteiger partial charge >= 0.3 is 0 Å². The van der Waals surface area contributed by atoms with E-state index in [1.807, 2.05) is 18.2 Å². The van der Waals surface area contributed by atoms with Gasteiger partial charge < -0.3 is 4.90 Å². The van der Waals surface area contributed by atoms with Crippen molar-refractivity contribution in [2.24, 2.45) is 0 Å². The van der Waals surface area contributed by atoms with E-state index in [0.29, 0.717) is 5.56 Å². The lowest BCUT2D eigenvalue weighted by Crippen LogP contribution is -2.26. The Bertz CT molecular complexity index is 621. The molecule has 0 fully saturated rings. The third kappa shape index (κ3) is 1.90. The van der Waals surface area contributed by atoms with E-state index in [0.717, 1.165) is 34.9 Å². The monoisotopic (exact) mass is 241 g/mol. The molecule has 0 aliphatic carbocycles. The Morgan fingerprint density at radius 3 is 3.06 bits per heavy atom. The lowest BCUT2D eigenvalue weighted by atomic mass is 10.2. The number of benzene rings is 1. The molecule has 0 saturated heterocycles. The molecule has 2 heterocycles. The molecular weight excluding hydrogens is 230 g/mol. The first-order valence-corrected chi connectivity index (χ1v) is 6.39. The molecule has 0 unspecified atom stereocenters. The summed E-state index contributed by atoms with van der Waals surface area (Å²) in [5.74, 6) is 0. The van der Waals surface area contributed by atoms with Gasteiger partial charge in [0.25, 0.3) is 0 Å². The lowest BCUT2D eigenvalue weighted by Gasteiger charge is -2.21. The number of aromatic nitrogens is 1. The molecule has 0 amide bonds. The van der Waals surface area contributed by atoms with Gasteiger partial charge in [-0.15, -0.1) is 0 Å². The van der Waals surface area contributed by atoms with Gasteiger partial charge in [0.1, 0.15) is 0 Å². The van der Waals surface area contributed by atoms with Crippen molar-refractivity contribution in [1.82, 2.24) is 4.98 Å². The van der Waals surface area contributed by atoms with Crippen LogP contribution in [-0.2, 0) is 0 Å². The molecule has 17 heavy (non-hydrogen) atoms. The van der Waals surface area contributed by atoms with Crippen molar-refractivity contribution < 1.29 is 0 Å². The van der Waals surface area contributed by atoms with Crippen molar-refractivity contribution >= 4 is 26.7 Å². The SMILES string of the molecule is N#Cc1ccc2sc(N3CC=CCC3)nc2c1. The van der Waals surface area contributed by atoms with Crippen LogP contribution in [0.5, 0.6) is 0 Å². The Balaban J connectivity index is 2.01. The number of nitrogens with zero attached hydrogens (tertiary/aromatic N) is 3. The van der Waals surface area contributed by atoms with Crippen LogP contribution in [0.2, 0.25) is 0 Å². The summed E-state index contributed by atoms with van der Waals surface area (Å²) in [4.78, 5) is 6.88. The summed E-state index contributed by atoms with van der Waals surface area (Å²) >= 11 is 1.69. The maximum absolute atomic E-state index is 8.86. The van der Waals surface area contributed by atoms with E-state index >= 15 is 0 Å². The molecule has 3 nitrogen and oxygen atoms in total. The second kappa shape index (κ2) is 4.19. The molecule has 1 aromatic heterocycles. The Labute approximate surface area is 104 Å². The first-order valence-electron chi connectivity index (χ1n) is 5.57. The fourth-order valence-corrected chi connectivity index (χ4v) is 2.92. The van der Waals surface area contributed by atoms with E-state index in [1.165, 1.54) is 0 Å².